The van der Waals surface area contributed by atoms with Crippen molar-refractivity contribution in [3.8, 4) is 17.5 Å². The van der Waals surface area contributed by atoms with Crippen LogP contribution in [0.2, 0.25) is 0 Å². The standard InChI is InChI=1S/C27H27FN4O4/c1-26(2,7-8-29)24-23(16-12-27(3,25(33)34)36-14-16)18-11-20-15(13-30-31-20)9-21(18)32(24)17-5-6-19(28)22(10-17)35-4/h5-6,9-11,13,16H,7,12,14H2,1-4H3,(H,30,31)(H,33,34)/t16?,27-/m1/s1. The number of aliphatic carboxylic acids is 1. The number of nitrogens with one attached hydrogen (secondary N) is 1. The molecule has 0 bridgehead atoms. The number of rotatable bonds is 6. The van der Waals surface area contributed by atoms with Crippen LogP contribution in [-0.2, 0) is 14.9 Å². The number of hydrogen-bond donors (Lipinski definition) is 2. The van der Waals surface area contributed by atoms with Gasteiger partial charge in [-0.1, -0.05) is 13.8 Å². The van der Waals surface area contributed by atoms with E-state index in [0.717, 1.165) is 33.1 Å². The Kier molecular flexibility index (Phi) is 5.52. The second-order valence-electron chi connectivity index (χ2n) is 10.2. The molecule has 1 aliphatic rings. The van der Waals surface area contributed by atoms with E-state index >= 15 is 0 Å². The van der Waals surface area contributed by atoms with Gasteiger partial charge in [-0.25, -0.2) is 9.18 Å². The lowest BCUT2D eigenvalue weighted by Gasteiger charge is -2.28. The van der Waals surface area contributed by atoms with Crippen molar-refractivity contribution in [2.75, 3.05) is 13.7 Å². The first kappa shape index (κ1) is 23.8. The van der Waals surface area contributed by atoms with Gasteiger partial charge in [0.2, 0.25) is 0 Å². The molecule has 2 N–H and O–H groups in total. The number of nitrogens with zero attached hydrogens (tertiary/aromatic N) is 3. The van der Waals surface area contributed by atoms with Crippen LogP contribution < -0.4 is 4.74 Å². The minimum absolute atomic E-state index is 0.104. The maximum Gasteiger partial charge on any atom is 0.335 e. The van der Waals surface area contributed by atoms with Crippen molar-refractivity contribution in [3.05, 3.63) is 53.6 Å². The second-order valence-corrected chi connectivity index (χ2v) is 10.2. The van der Waals surface area contributed by atoms with Gasteiger partial charge in [-0.3, -0.25) is 5.10 Å². The molecule has 186 valence electrons. The number of carbonyl (C=O) groups is 1. The molecule has 3 heterocycles. The summed E-state index contributed by atoms with van der Waals surface area (Å²) in [4.78, 5) is 12.0. The topological polar surface area (TPSA) is 113 Å². The zero-order valence-electron chi connectivity index (χ0n) is 20.6. The maximum absolute atomic E-state index is 14.4. The third-order valence-corrected chi connectivity index (χ3v) is 7.22. The molecule has 9 heteroatoms. The molecule has 0 radical (unpaired) electrons. The Morgan fingerprint density at radius 1 is 1.42 bits per heavy atom. The first-order valence-electron chi connectivity index (χ1n) is 11.7. The Hall–Kier alpha value is -3.90. The molecule has 2 aromatic carbocycles. The molecule has 1 saturated heterocycles. The molecule has 5 rings (SSSR count). The highest BCUT2D eigenvalue weighted by molar-refractivity contribution is 5.99. The van der Waals surface area contributed by atoms with Crippen molar-refractivity contribution in [1.29, 1.82) is 5.26 Å². The van der Waals surface area contributed by atoms with Crippen molar-refractivity contribution in [2.45, 2.75) is 50.5 Å². The fourth-order valence-electron chi connectivity index (χ4n) is 5.37. The highest BCUT2D eigenvalue weighted by Gasteiger charge is 2.46. The molecule has 36 heavy (non-hydrogen) atoms. The van der Waals surface area contributed by atoms with E-state index in [0.29, 0.717) is 5.69 Å². The van der Waals surface area contributed by atoms with E-state index in [1.54, 1.807) is 25.3 Å². The predicted octanol–water partition coefficient (Wildman–Crippen LogP) is 5.19. The average Bonchev–Trinajstić information content (AvgIpc) is 3.53. The van der Waals surface area contributed by atoms with E-state index in [4.69, 9.17) is 9.47 Å². The number of fused-ring (bicyclic) bond motifs is 2. The van der Waals surface area contributed by atoms with Crippen molar-refractivity contribution >= 4 is 27.8 Å². The number of H-pyrrole nitrogens is 1. The van der Waals surface area contributed by atoms with Gasteiger partial charge in [0.1, 0.15) is 0 Å². The second kappa shape index (κ2) is 8.35. The van der Waals surface area contributed by atoms with Gasteiger partial charge in [0.25, 0.3) is 0 Å². The zero-order valence-corrected chi connectivity index (χ0v) is 20.6. The summed E-state index contributed by atoms with van der Waals surface area (Å²) in [6.45, 7) is 5.80. The van der Waals surface area contributed by atoms with Gasteiger partial charge in [-0.2, -0.15) is 10.4 Å². The summed E-state index contributed by atoms with van der Waals surface area (Å²) in [6, 6.07) is 11.0. The van der Waals surface area contributed by atoms with Crippen LogP contribution in [-0.4, -0.2) is 45.2 Å². The van der Waals surface area contributed by atoms with Crippen molar-refractivity contribution in [1.82, 2.24) is 14.8 Å². The van der Waals surface area contributed by atoms with Crippen LogP contribution in [0.3, 0.4) is 0 Å². The average molecular weight is 491 g/mol. The third kappa shape index (κ3) is 3.60. The highest BCUT2D eigenvalue weighted by atomic mass is 19.1. The zero-order chi connectivity index (χ0) is 25.8. The Labute approximate surface area is 207 Å². The molecule has 1 fully saturated rings. The van der Waals surface area contributed by atoms with Gasteiger partial charge in [-0.15, -0.1) is 0 Å². The summed E-state index contributed by atoms with van der Waals surface area (Å²) in [5.41, 5.74) is 2.20. The normalized spacial score (nSPS) is 20.2. The van der Waals surface area contributed by atoms with Gasteiger partial charge in [0.05, 0.1) is 37.0 Å². The molecule has 2 atom stereocenters. The lowest BCUT2D eigenvalue weighted by atomic mass is 9.79. The number of halogens is 1. The summed E-state index contributed by atoms with van der Waals surface area (Å²) >= 11 is 0. The Morgan fingerprint density at radius 3 is 2.86 bits per heavy atom. The van der Waals surface area contributed by atoms with Gasteiger partial charge >= 0.3 is 5.97 Å². The number of carboxylic acid groups (broad SMARTS) is 1. The lowest BCUT2D eigenvalue weighted by molar-refractivity contribution is -0.157. The van der Waals surface area contributed by atoms with E-state index in [9.17, 15) is 19.6 Å². The first-order chi connectivity index (χ1) is 17.1. The van der Waals surface area contributed by atoms with Crippen LogP contribution in [0.15, 0.2) is 36.5 Å². The molecular weight excluding hydrogens is 463 g/mol. The minimum atomic E-state index is -1.31. The van der Waals surface area contributed by atoms with Crippen LogP contribution in [0.25, 0.3) is 27.5 Å². The quantitative estimate of drug-likeness (QED) is 0.384. The van der Waals surface area contributed by atoms with Gasteiger partial charge in [-0.05, 0) is 43.2 Å². The molecule has 2 aromatic heterocycles. The summed E-state index contributed by atoms with van der Waals surface area (Å²) < 4.78 is 27.5. The molecule has 0 aliphatic carbocycles. The SMILES string of the molecule is COc1cc(-n2c(C(C)(C)CC#N)c(C3CO[C@@](C)(C(=O)O)C3)c3cc4[nH]ncc4cc32)ccc1F. The molecule has 8 nitrogen and oxygen atoms in total. The predicted molar refractivity (Wildman–Crippen MR) is 132 cm³/mol. The monoisotopic (exact) mass is 490 g/mol. The molecular formula is C27H27FN4O4. The fourth-order valence-corrected chi connectivity index (χ4v) is 5.37. The van der Waals surface area contributed by atoms with Crippen molar-refractivity contribution in [2.24, 2.45) is 0 Å². The third-order valence-electron chi connectivity index (χ3n) is 7.22. The largest absolute Gasteiger partial charge is 0.494 e. The number of methoxy groups -OCH3 is 1. The van der Waals surface area contributed by atoms with E-state index in [1.165, 1.54) is 13.2 Å². The number of benzene rings is 2. The van der Waals surface area contributed by atoms with Crippen LogP contribution >= 0.6 is 0 Å². The Bertz CT molecular complexity index is 1550. The Morgan fingerprint density at radius 2 is 2.19 bits per heavy atom. The minimum Gasteiger partial charge on any atom is -0.494 e. The first-order valence-corrected chi connectivity index (χ1v) is 11.7. The number of aromatic nitrogens is 3. The molecule has 0 amide bonds. The molecule has 0 saturated carbocycles. The van der Waals surface area contributed by atoms with Crippen molar-refractivity contribution < 1.29 is 23.8 Å². The fraction of sp³-hybridized carbons (Fsp3) is 0.370. The van der Waals surface area contributed by atoms with Crippen LogP contribution in [0.5, 0.6) is 5.75 Å². The smallest absolute Gasteiger partial charge is 0.335 e. The molecule has 0 spiro atoms. The lowest BCUT2D eigenvalue weighted by Crippen LogP contribution is -2.34. The number of hydrogen-bond acceptors (Lipinski definition) is 5. The molecule has 1 unspecified atom stereocenters. The van der Waals surface area contributed by atoms with Crippen LogP contribution in [0.4, 0.5) is 4.39 Å². The number of aromatic amines is 1. The highest BCUT2D eigenvalue weighted by Crippen LogP contribution is 2.48. The number of nitriles is 1. The van der Waals surface area contributed by atoms with Gasteiger partial charge in [0, 0.05) is 46.0 Å². The summed E-state index contributed by atoms with van der Waals surface area (Å²) in [6.07, 6.45) is 2.24. The molecule has 1 aliphatic heterocycles. The number of carboxylic acids is 1. The summed E-state index contributed by atoms with van der Waals surface area (Å²) in [5, 5.41) is 28.5. The van der Waals surface area contributed by atoms with Crippen molar-refractivity contribution in [3.63, 3.8) is 0 Å². The molecule has 4 aromatic rings. The van der Waals surface area contributed by atoms with Crippen LogP contribution in [0, 0.1) is 17.1 Å². The summed E-state index contributed by atoms with van der Waals surface area (Å²) in [7, 11) is 1.42. The maximum atomic E-state index is 14.4. The Balaban J connectivity index is 1.89. The van der Waals surface area contributed by atoms with Gasteiger partial charge < -0.3 is 19.1 Å². The summed E-state index contributed by atoms with van der Waals surface area (Å²) in [5.74, 6) is -1.61. The van der Waals surface area contributed by atoms with E-state index < -0.39 is 22.8 Å². The van der Waals surface area contributed by atoms with E-state index in [-0.39, 0.29) is 31.1 Å². The van der Waals surface area contributed by atoms with E-state index in [2.05, 4.69) is 16.3 Å². The number of ether oxygens (including phenoxy) is 2. The van der Waals surface area contributed by atoms with E-state index in [1.807, 2.05) is 30.5 Å². The van der Waals surface area contributed by atoms with Crippen LogP contribution in [0.1, 0.15) is 50.8 Å². The van der Waals surface area contributed by atoms with Gasteiger partial charge in [0.15, 0.2) is 17.2 Å².